The lowest BCUT2D eigenvalue weighted by molar-refractivity contribution is 1.17. The average Bonchev–Trinajstić information content (AvgIpc) is 2.84. The van der Waals surface area contributed by atoms with Gasteiger partial charge in [0.05, 0.1) is 11.0 Å². The van der Waals surface area contributed by atoms with E-state index in [1.807, 2.05) is 0 Å². The van der Waals surface area contributed by atoms with E-state index >= 15 is 0 Å². The van der Waals surface area contributed by atoms with Gasteiger partial charge in [0.1, 0.15) is 0 Å². The monoisotopic (exact) mass is 271 g/mol. The molecule has 0 fully saturated rings. The number of hydrogen-bond acceptors (Lipinski definition) is 0. The van der Waals surface area contributed by atoms with E-state index in [2.05, 4.69) is 85.1 Å². The van der Waals surface area contributed by atoms with Gasteiger partial charge in [0, 0.05) is 16.5 Å². The second-order valence-electron chi connectivity index (χ2n) is 5.66. The van der Waals surface area contributed by atoms with E-state index < -0.39 is 0 Å². The lowest BCUT2D eigenvalue weighted by Crippen LogP contribution is -1.93. The van der Waals surface area contributed by atoms with Gasteiger partial charge in [0.25, 0.3) is 0 Å². The minimum Gasteiger partial charge on any atom is -0.309 e. The predicted molar refractivity (Wildman–Crippen MR) is 90.3 cm³/mol. The Morgan fingerprint density at radius 3 is 2.19 bits per heavy atom. The van der Waals surface area contributed by atoms with Crippen LogP contribution >= 0.6 is 0 Å². The summed E-state index contributed by atoms with van der Waals surface area (Å²) in [7, 11) is 0. The summed E-state index contributed by atoms with van der Waals surface area (Å²) in [6.45, 7) is 4.31. The van der Waals surface area contributed by atoms with Gasteiger partial charge in [-0.1, -0.05) is 48.0 Å². The maximum atomic E-state index is 2.36. The highest BCUT2D eigenvalue weighted by Gasteiger charge is 2.12. The minimum absolute atomic E-state index is 1.22. The van der Waals surface area contributed by atoms with E-state index in [0.29, 0.717) is 0 Å². The van der Waals surface area contributed by atoms with Gasteiger partial charge in [-0.05, 0) is 43.7 Å². The van der Waals surface area contributed by atoms with E-state index in [1.54, 1.807) is 0 Å². The third-order valence-corrected chi connectivity index (χ3v) is 4.20. The summed E-state index contributed by atoms with van der Waals surface area (Å²) in [5.41, 5.74) is 6.38. The van der Waals surface area contributed by atoms with Crippen molar-refractivity contribution in [3.05, 3.63) is 77.9 Å². The van der Waals surface area contributed by atoms with E-state index in [9.17, 15) is 0 Å². The maximum absolute atomic E-state index is 2.36. The Hall–Kier alpha value is -2.54. The van der Waals surface area contributed by atoms with E-state index in [0.717, 1.165) is 0 Å². The van der Waals surface area contributed by atoms with E-state index in [-0.39, 0.29) is 0 Å². The molecular weight excluding hydrogens is 254 g/mol. The van der Waals surface area contributed by atoms with Crippen LogP contribution < -0.4 is 0 Å². The largest absolute Gasteiger partial charge is 0.309 e. The summed E-state index contributed by atoms with van der Waals surface area (Å²) in [6.07, 6.45) is 0. The molecule has 0 aliphatic heterocycles. The van der Waals surface area contributed by atoms with Crippen LogP contribution in [0, 0.1) is 13.8 Å². The van der Waals surface area contributed by atoms with E-state index in [1.165, 1.54) is 38.6 Å². The molecule has 0 bridgehead atoms. The first-order valence-corrected chi connectivity index (χ1v) is 7.31. The van der Waals surface area contributed by atoms with Crippen molar-refractivity contribution < 1.29 is 0 Å². The summed E-state index contributed by atoms with van der Waals surface area (Å²) < 4.78 is 2.36. The number of aryl methyl sites for hydroxylation is 2. The van der Waals surface area contributed by atoms with Crippen molar-refractivity contribution in [3.63, 3.8) is 0 Å². The van der Waals surface area contributed by atoms with Crippen LogP contribution in [0.25, 0.3) is 27.5 Å². The van der Waals surface area contributed by atoms with Crippen molar-refractivity contribution in [1.82, 2.24) is 4.57 Å². The van der Waals surface area contributed by atoms with Crippen molar-refractivity contribution in [2.24, 2.45) is 0 Å². The summed E-state index contributed by atoms with van der Waals surface area (Å²) in [5, 5.41) is 2.68. The van der Waals surface area contributed by atoms with Crippen molar-refractivity contribution >= 4 is 21.8 Å². The van der Waals surface area contributed by atoms with Crippen LogP contribution in [0.3, 0.4) is 0 Å². The van der Waals surface area contributed by atoms with Crippen LogP contribution in [-0.4, -0.2) is 4.57 Å². The van der Waals surface area contributed by atoms with Gasteiger partial charge in [-0.2, -0.15) is 0 Å². The normalized spacial score (nSPS) is 11.3. The second kappa shape index (κ2) is 4.49. The minimum atomic E-state index is 1.22. The predicted octanol–water partition coefficient (Wildman–Crippen LogP) is 5.40. The van der Waals surface area contributed by atoms with Crippen LogP contribution in [0.2, 0.25) is 0 Å². The highest BCUT2D eigenvalue weighted by molar-refractivity contribution is 6.10. The zero-order chi connectivity index (χ0) is 14.4. The molecule has 1 aromatic heterocycles. The number of nitrogens with zero attached hydrogens (tertiary/aromatic N) is 1. The highest BCUT2D eigenvalue weighted by Crippen LogP contribution is 2.33. The Labute approximate surface area is 124 Å². The van der Waals surface area contributed by atoms with Crippen molar-refractivity contribution in [2.75, 3.05) is 0 Å². The number of benzene rings is 3. The van der Waals surface area contributed by atoms with E-state index in [4.69, 9.17) is 0 Å². The Bertz CT molecular complexity index is 943. The van der Waals surface area contributed by atoms with Gasteiger partial charge >= 0.3 is 0 Å². The Balaban J connectivity index is 2.20. The molecule has 0 atom stereocenters. The number of rotatable bonds is 1. The SMILES string of the molecule is Cc1ccc(-n2c3ccccc3c3c(C)cccc32)cc1. The number of aromatic nitrogens is 1. The number of fused-ring (bicyclic) bond motifs is 3. The van der Waals surface area contributed by atoms with Crippen molar-refractivity contribution in [2.45, 2.75) is 13.8 Å². The molecule has 0 N–H and O–H groups in total. The smallest absolute Gasteiger partial charge is 0.0543 e. The molecule has 1 heteroatoms. The first-order chi connectivity index (χ1) is 10.3. The van der Waals surface area contributed by atoms with Gasteiger partial charge in [0.15, 0.2) is 0 Å². The highest BCUT2D eigenvalue weighted by atomic mass is 15.0. The van der Waals surface area contributed by atoms with Gasteiger partial charge in [-0.3, -0.25) is 0 Å². The average molecular weight is 271 g/mol. The lowest BCUT2D eigenvalue weighted by atomic mass is 10.1. The quantitative estimate of drug-likeness (QED) is 0.437. The fourth-order valence-corrected chi connectivity index (χ4v) is 3.17. The van der Waals surface area contributed by atoms with Gasteiger partial charge < -0.3 is 4.57 Å². The zero-order valence-corrected chi connectivity index (χ0v) is 12.3. The number of hydrogen-bond donors (Lipinski definition) is 0. The molecule has 0 saturated carbocycles. The molecule has 4 rings (SSSR count). The van der Waals surface area contributed by atoms with Crippen LogP contribution in [0.15, 0.2) is 66.7 Å². The van der Waals surface area contributed by atoms with Gasteiger partial charge in [-0.25, -0.2) is 0 Å². The summed E-state index contributed by atoms with van der Waals surface area (Å²) in [6, 6.07) is 23.9. The standard InChI is InChI=1S/C20H17N/c1-14-10-12-16(13-11-14)21-18-8-4-3-7-17(18)20-15(2)6-5-9-19(20)21/h3-13H,1-2H3. The zero-order valence-electron chi connectivity index (χ0n) is 12.3. The molecule has 0 aliphatic rings. The van der Waals surface area contributed by atoms with Crippen LogP contribution in [0.4, 0.5) is 0 Å². The summed E-state index contributed by atoms with van der Waals surface area (Å²) >= 11 is 0. The third kappa shape index (κ3) is 1.78. The Kier molecular flexibility index (Phi) is 2.61. The first-order valence-electron chi connectivity index (χ1n) is 7.31. The van der Waals surface area contributed by atoms with Gasteiger partial charge in [0.2, 0.25) is 0 Å². The summed E-state index contributed by atoms with van der Waals surface area (Å²) in [4.78, 5) is 0. The number of para-hydroxylation sites is 1. The molecule has 102 valence electrons. The molecule has 0 unspecified atom stereocenters. The fourth-order valence-electron chi connectivity index (χ4n) is 3.17. The molecule has 4 aromatic rings. The van der Waals surface area contributed by atoms with Crippen LogP contribution in [0.5, 0.6) is 0 Å². The molecule has 3 aromatic carbocycles. The Morgan fingerprint density at radius 1 is 0.667 bits per heavy atom. The molecular formula is C20H17N. The Morgan fingerprint density at radius 2 is 1.38 bits per heavy atom. The molecule has 21 heavy (non-hydrogen) atoms. The molecule has 0 saturated heterocycles. The van der Waals surface area contributed by atoms with Crippen molar-refractivity contribution in [1.29, 1.82) is 0 Å². The second-order valence-corrected chi connectivity index (χ2v) is 5.66. The molecule has 1 nitrogen and oxygen atoms in total. The molecule has 1 heterocycles. The topological polar surface area (TPSA) is 4.93 Å². The molecule has 0 aliphatic carbocycles. The summed E-state index contributed by atoms with van der Waals surface area (Å²) in [5.74, 6) is 0. The van der Waals surface area contributed by atoms with Gasteiger partial charge in [-0.15, -0.1) is 0 Å². The molecule has 0 amide bonds. The third-order valence-electron chi connectivity index (χ3n) is 4.20. The lowest BCUT2D eigenvalue weighted by Gasteiger charge is -2.08. The molecule has 0 spiro atoms. The fraction of sp³-hybridized carbons (Fsp3) is 0.100. The first kappa shape index (κ1) is 12.2. The van der Waals surface area contributed by atoms with Crippen LogP contribution in [-0.2, 0) is 0 Å². The maximum Gasteiger partial charge on any atom is 0.0543 e. The van der Waals surface area contributed by atoms with Crippen molar-refractivity contribution in [3.8, 4) is 5.69 Å². The molecule has 0 radical (unpaired) electrons. The van der Waals surface area contributed by atoms with Crippen LogP contribution in [0.1, 0.15) is 11.1 Å².